The summed E-state index contributed by atoms with van der Waals surface area (Å²) >= 11 is 0. The van der Waals surface area contributed by atoms with Gasteiger partial charge in [0.05, 0.1) is 19.0 Å². The lowest BCUT2D eigenvalue weighted by molar-refractivity contribution is 0.101. The molecule has 6 heteroatoms. The fourth-order valence-electron chi connectivity index (χ4n) is 2.84. The average Bonchev–Trinajstić information content (AvgIpc) is 3.09. The van der Waals surface area contributed by atoms with Crippen LogP contribution in [0, 0.1) is 0 Å². The maximum absolute atomic E-state index is 11.5. The van der Waals surface area contributed by atoms with Crippen LogP contribution in [0.4, 0.5) is 11.5 Å². The van der Waals surface area contributed by atoms with Gasteiger partial charge in [-0.1, -0.05) is 24.3 Å². The van der Waals surface area contributed by atoms with Crippen molar-refractivity contribution in [2.24, 2.45) is 0 Å². The molecule has 0 saturated heterocycles. The molecule has 0 aliphatic rings. The van der Waals surface area contributed by atoms with Crippen LogP contribution in [0.15, 0.2) is 66.9 Å². The highest BCUT2D eigenvalue weighted by atomic mass is 16.5. The van der Waals surface area contributed by atoms with Crippen LogP contribution in [0.5, 0.6) is 5.75 Å². The summed E-state index contributed by atoms with van der Waals surface area (Å²) in [5, 5.41) is 7.86. The van der Waals surface area contributed by atoms with Crippen LogP contribution in [0.1, 0.15) is 17.3 Å². The Morgan fingerprint density at radius 2 is 1.93 bits per heavy atom. The van der Waals surface area contributed by atoms with Crippen molar-refractivity contribution in [3.8, 4) is 17.0 Å². The molecule has 134 valence electrons. The molecule has 6 nitrogen and oxygen atoms in total. The van der Waals surface area contributed by atoms with Crippen molar-refractivity contribution in [1.82, 2.24) is 14.6 Å². The molecule has 27 heavy (non-hydrogen) atoms. The number of anilines is 2. The Kier molecular flexibility index (Phi) is 4.30. The number of Topliss-reactive ketones (excluding diaryl/α,β-unsaturated/α-hetero) is 1. The van der Waals surface area contributed by atoms with Gasteiger partial charge in [0.2, 0.25) is 0 Å². The Morgan fingerprint density at radius 1 is 1.07 bits per heavy atom. The number of benzene rings is 2. The Hall–Kier alpha value is -3.67. The van der Waals surface area contributed by atoms with E-state index in [1.807, 2.05) is 54.7 Å². The molecule has 1 N–H and O–H groups in total. The zero-order valence-corrected chi connectivity index (χ0v) is 15.0. The molecule has 0 unspecified atom stereocenters. The van der Waals surface area contributed by atoms with E-state index in [1.54, 1.807) is 30.7 Å². The molecule has 0 aliphatic heterocycles. The Bertz CT molecular complexity index is 1130. The van der Waals surface area contributed by atoms with Gasteiger partial charge < -0.3 is 10.1 Å². The standard InChI is InChI=1S/C21H18N4O2/c1-14(26)15-5-3-7-17(11-15)22-20-13-25-21(23-20)10-9-19(24-25)16-6-4-8-18(12-16)27-2/h3-13,22H,1-2H3. The fourth-order valence-corrected chi connectivity index (χ4v) is 2.84. The SMILES string of the molecule is COc1cccc(-c2ccc3nc(Nc4cccc(C(C)=O)c4)cn3n2)c1. The van der Waals surface area contributed by atoms with E-state index in [-0.39, 0.29) is 5.78 Å². The maximum atomic E-state index is 11.5. The van der Waals surface area contributed by atoms with Crippen molar-refractivity contribution in [3.05, 3.63) is 72.4 Å². The average molecular weight is 358 g/mol. The number of hydrogen-bond donors (Lipinski definition) is 1. The first-order valence-corrected chi connectivity index (χ1v) is 8.51. The number of methoxy groups -OCH3 is 1. The summed E-state index contributed by atoms with van der Waals surface area (Å²) in [7, 11) is 1.64. The van der Waals surface area contributed by atoms with Crippen molar-refractivity contribution in [2.75, 3.05) is 12.4 Å². The first kappa shape index (κ1) is 16.8. The van der Waals surface area contributed by atoms with E-state index in [4.69, 9.17) is 4.74 Å². The fraction of sp³-hybridized carbons (Fsp3) is 0.0952. The molecule has 0 atom stereocenters. The highest BCUT2D eigenvalue weighted by molar-refractivity contribution is 5.95. The summed E-state index contributed by atoms with van der Waals surface area (Å²) < 4.78 is 7.01. The number of ketones is 1. The van der Waals surface area contributed by atoms with Gasteiger partial charge in [-0.25, -0.2) is 9.50 Å². The minimum Gasteiger partial charge on any atom is -0.497 e. The van der Waals surface area contributed by atoms with Gasteiger partial charge in [-0.3, -0.25) is 4.79 Å². The molecular weight excluding hydrogens is 340 g/mol. The zero-order valence-electron chi connectivity index (χ0n) is 15.0. The number of hydrogen-bond acceptors (Lipinski definition) is 5. The quantitative estimate of drug-likeness (QED) is 0.537. The molecular formula is C21H18N4O2. The largest absolute Gasteiger partial charge is 0.497 e. The Morgan fingerprint density at radius 3 is 2.74 bits per heavy atom. The molecule has 0 fully saturated rings. The van der Waals surface area contributed by atoms with Crippen molar-refractivity contribution < 1.29 is 9.53 Å². The monoisotopic (exact) mass is 358 g/mol. The van der Waals surface area contributed by atoms with E-state index in [0.29, 0.717) is 11.4 Å². The Balaban J connectivity index is 1.64. The second kappa shape index (κ2) is 6.92. The van der Waals surface area contributed by atoms with Crippen molar-refractivity contribution in [2.45, 2.75) is 6.92 Å². The maximum Gasteiger partial charge on any atom is 0.159 e. The summed E-state index contributed by atoms with van der Waals surface area (Å²) in [4.78, 5) is 16.1. The van der Waals surface area contributed by atoms with Gasteiger partial charge in [-0.2, -0.15) is 5.10 Å². The van der Waals surface area contributed by atoms with Gasteiger partial charge in [-0.05, 0) is 43.3 Å². The molecule has 4 rings (SSSR count). The molecule has 0 saturated carbocycles. The van der Waals surface area contributed by atoms with Crippen molar-refractivity contribution in [3.63, 3.8) is 0 Å². The number of rotatable bonds is 5. The predicted octanol–water partition coefficient (Wildman–Crippen LogP) is 4.35. The van der Waals surface area contributed by atoms with E-state index < -0.39 is 0 Å². The van der Waals surface area contributed by atoms with E-state index in [1.165, 1.54) is 0 Å². The molecule has 0 amide bonds. The highest BCUT2D eigenvalue weighted by Crippen LogP contribution is 2.23. The molecule has 2 aromatic heterocycles. The van der Waals surface area contributed by atoms with Crippen LogP contribution in [0.3, 0.4) is 0 Å². The first-order chi connectivity index (χ1) is 13.1. The van der Waals surface area contributed by atoms with E-state index in [2.05, 4.69) is 15.4 Å². The minimum atomic E-state index is 0.0262. The summed E-state index contributed by atoms with van der Waals surface area (Å²) in [6, 6.07) is 18.9. The van der Waals surface area contributed by atoms with Gasteiger partial charge in [0, 0.05) is 16.8 Å². The smallest absolute Gasteiger partial charge is 0.159 e. The van der Waals surface area contributed by atoms with Gasteiger partial charge in [0.15, 0.2) is 17.2 Å². The third-order valence-electron chi connectivity index (χ3n) is 4.23. The lowest BCUT2D eigenvalue weighted by Gasteiger charge is -2.04. The second-order valence-corrected chi connectivity index (χ2v) is 6.14. The number of aromatic nitrogens is 3. The third-order valence-corrected chi connectivity index (χ3v) is 4.23. The lowest BCUT2D eigenvalue weighted by atomic mass is 10.1. The summed E-state index contributed by atoms with van der Waals surface area (Å²) in [6.45, 7) is 1.55. The molecule has 0 bridgehead atoms. The van der Waals surface area contributed by atoms with E-state index in [0.717, 1.165) is 28.3 Å². The van der Waals surface area contributed by atoms with E-state index >= 15 is 0 Å². The van der Waals surface area contributed by atoms with Crippen LogP contribution in [-0.4, -0.2) is 27.5 Å². The van der Waals surface area contributed by atoms with Crippen LogP contribution in [0.2, 0.25) is 0 Å². The normalized spacial score (nSPS) is 10.7. The predicted molar refractivity (Wildman–Crippen MR) is 105 cm³/mol. The summed E-state index contributed by atoms with van der Waals surface area (Å²) in [5.41, 5.74) is 3.98. The second-order valence-electron chi connectivity index (χ2n) is 6.14. The minimum absolute atomic E-state index is 0.0262. The van der Waals surface area contributed by atoms with Crippen LogP contribution in [-0.2, 0) is 0 Å². The molecule has 2 aromatic carbocycles. The third kappa shape index (κ3) is 3.50. The number of carbonyl (C=O) groups is 1. The lowest BCUT2D eigenvalue weighted by Crippen LogP contribution is -1.95. The highest BCUT2D eigenvalue weighted by Gasteiger charge is 2.07. The first-order valence-electron chi connectivity index (χ1n) is 8.51. The number of nitrogens with zero attached hydrogens (tertiary/aromatic N) is 3. The van der Waals surface area contributed by atoms with Gasteiger partial charge in [-0.15, -0.1) is 0 Å². The van der Waals surface area contributed by atoms with Crippen LogP contribution < -0.4 is 10.1 Å². The number of nitrogens with one attached hydrogen (secondary N) is 1. The number of fused-ring (bicyclic) bond motifs is 1. The van der Waals surface area contributed by atoms with E-state index in [9.17, 15) is 4.79 Å². The van der Waals surface area contributed by atoms with Crippen molar-refractivity contribution >= 4 is 22.9 Å². The molecule has 0 aliphatic carbocycles. The Labute approximate surface area is 156 Å². The molecule has 2 heterocycles. The number of ether oxygens (including phenoxy) is 1. The number of carbonyl (C=O) groups excluding carboxylic acids is 1. The van der Waals surface area contributed by atoms with Gasteiger partial charge in [0.1, 0.15) is 5.75 Å². The van der Waals surface area contributed by atoms with Gasteiger partial charge in [0.25, 0.3) is 0 Å². The van der Waals surface area contributed by atoms with Crippen LogP contribution >= 0.6 is 0 Å². The summed E-state index contributed by atoms with van der Waals surface area (Å²) in [6.07, 6.45) is 1.82. The number of imidazole rings is 1. The van der Waals surface area contributed by atoms with Crippen LogP contribution in [0.25, 0.3) is 16.9 Å². The van der Waals surface area contributed by atoms with Crippen molar-refractivity contribution in [1.29, 1.82) is 0 Å². The molecule has 0 radical (unpaired) electrons. The van der Waals surface area contributed by atoms with Gasteiger partial charge >= 0.3 is 0 Å². The molecule has 4 aromatic rings. The molecule has 0 spiro atoms. The summed E-state index contributed by atoms with van der Waals surface area (Å²) in [5.74, 6) is 1.47. The topological polar surface area (TPSA) is 68.5 Å². The zero-order chi connectivity index (χ0) is 18.8.